The second-order valence-corrected chi connectivity index (χ2v) is 6.91. The molecule has 3 N–H and O–H groups in total. The molecular weight excluding hydrogens is 366 g/mol. The van der Waals surface area contributed by atoms with Gasteiger partial charge in [-0.05, 0) is 48.6 Å². The Labute approximate surface area is 173 Å². The Morgan fingerprint density at radius 3 is 2.48 bits per heavy atom. The first-order valence-electron chi connectivity index (χ1n) is 9.82. The maximum absolute atomic E-state index is 12.0. The topological polar surface area (TPSA) is 87.6 Å². The highest BCUT2D eigenvalue weighted by atomic mass is 16.5. The van der Waals surface area contributed by atoms with E-state index in [9.17, 15) is 4.79 Å². The van der Waals surface area contributed by atoms with Crippen molar-refractivity contribution in [1.29, 1.82) is 0 Å². The summed E-state index contributed by atoms with van der Waals surface area (Å²) in [6, 6.07) is 11.9. The average Bonchev–Trinajstić information content (AvgIpc) is 2.74. The van der Waals surface area contributed by atoms with Gasteiger partial charge in [0.25, 0.3) is 0 Å². The van der Waals surface area contributed by atoms with Crippen LogP contribution in [0.3, 0.4) is 0 Å². The van der Waals surface area contributed by atoms with Crippen LogP contribution in [0.1, 0.15) is 36.8 Å². The lowest BCUT2D eigenvalue weighted by Crippen LogP contribution is -2.39. The number of hydrogen-bond acceptors (Lipinski definition) is 4. The van der Waals surface area contributed by atoms with Crippen LogP contribution in [0.2, 0.25) is 0 Å². The maximum Gasteiger partial charge on any atom is 0.227 e. The van der Waals surface area contributed by atoms with E-state index in [2.05, 4.69) is 45.0 Å². The predicted octanol–water partition coefficient (Wildman–Crippen LogP) is 3.09. The van der Waals surface area contributed by atoms with Gasteiger partial charge in [-0.3, -0.25) is 9.79 Å². The van der Waals surface area contributed by atoms with E-state index in [1.165, 1.54) is 5.56 Å². The number of aromatic nitrogens is 1. The summed E-state index contributed by atoms with van der Waals surface area (Å²) >= 11 is 0. The molecule has 2 rings (SSSR count). The number of hydrogen-bond donors (Lipinski definition) is 3. The third kappa shape index (κ3) is 7.81. The molecule has 1 aromatic carbocycles. The fourth-order valence-electron chi connectivity index (χ4n) is 2.77. The van der Waals surface area contributed by atoms with E-state index in [1.54, 1.807) is 26.4 Å². The largest absolute Gasteiger partial charge is 0.497 e. The van der Waals surface area contributed by atoms with Gasteiger partial charge in [-0.1, -0.05) is 25.1 Å². The van der Waals surface area contributed by atoms with Gasteiger partial charge in [-0.25, -0.2) is 4.98 Å². The van der Waals surface area contributed by atoms with Crippen molar-refractivity contribution in [2.45, 2.75) is 32.6 Å². The SMILES string of the molecule is CN=C(NCCC(=O)Nc1ccc(C)cn1)NCCC(C)c1ccc(OC)cc1. The first-order chi connectivity index (χ1) is 14.0. The number of nitrogens with zero attached hydrogens (tertiary/aromatic N) is 2. The van der Waals surface area contributed by atoms with Gasteiger partial charge in [0, 0.05) is 32.8 Å². The van der Waals surface area contributed by atoms with Crippen molar-refractivity contribution in [2.24, 2.45) is 4.99 Å². The van der Waals surface area contributed by atoms with Gasteiger partial charge < -0.3 is 20.7 Å². The Morgan fingerprint density at radius 2 is 1.86 bits per heavy atom. The number of carbonyl (C=O) groups is 1. The van der Waals surface area contributed by atoms with Crippen LogP contribution < -0.4 is 20.7 Å². The van der Waals surface area contributed by atoms with E-state index in [0.717, 1.165) is 24.3 Å². The normalized spacial score (nSPS) is 12.2. The number of aliphatic imine (C=N–C) groups is 1. The van der Waals surface area contributed by atoms with Crippen LogP contribution >= 0.6 is 0 Å². The lowest BCUT2D eigenvalue weighted by atomic mass is 9.98. The minimum absolute atomic E-state index is 0.0857. The van der Waals surface area contributed by atoms with Crippen molar-refractivity contribution in [3.63, 3.8) is 0 Å². The third-order valence-electron chi connectivity index (χ3n) is 4.60. The van der Waals surface area contributed by atoms with E-state index < -0.39 is 0 Å². The maximum atomic E-state index is 12.0. The molecule has 0 spiro atoms. The molecule has 156 valence electrons. The lowest BCUT2D eigenvalue weighted by molar-refractivity contribution is -0.116. The number of rotatable bonds is 9. The summed E-state index contributed by atoms with van der Waals surface area (Å²) in [7, 11) is 3.39. The highest BCUT2D eigenvalue weighted by Gasteiger charge is 2.07. The number of anilines is 1. The van der Waals surface area contributed by atoms with Gasteiger partial charge >= 0.3 is 0 Å². The first-order valence-corrected chi connectivity index (χ1v) is 9.82. The molecule has 0 aliphatic rings. The summed E-state index contributed by atoms with van der Waals surface area (Å²) in [6.07, 6.45) is 3.03. The molecule has 0 aliphatic heterocycles. The van der Waals surface area contributed by atoms with Crippen LogP contribution in [0.25, 0.3) is 0 Å². The fourth-order valence-corrected chi connectivity index (χ4v) is 2.77. The summed E-state index contributed by atoms with van der Waals surface area (Å²) in [6.45, 7) is 5.43. The molecule has 7 heteroatoms. The number of benzene rings is 1. The van der Waals surface area contributed by atoms with Gasteiger partial charge in [0.05, 0.1) is 7.11 Å². The zero-order valence-electron chi connectivity index (χ0n) is 17.7. The van der Waals surface area contributed by atoms with Crippen LogP contribution in [0.4, 0.5) is 5.82 Å². The van der Waals surface area contributed by atoms with Crippen LogP contribution in [0.5, 0.6) is 5.75 Å². The molecule has 0 radical (unpaired) electrons. The molecular formula is C22H31N5O2. The van der Waals surface area contributed by atoms with E-state index in [-0.39, 0.29) is 5.91 Å². The minimum Gasteiger partial charge on any atom is -0.497 e. The van der Waals surface area contributed by atoms with Gasteiger partial charge in [-0.15, -0.1) is 0 Å². The summed E-state index contributed by atoms with van der Waals surface area (Å²) in [5.41, 5.74) is 2.33. The van der Waals surface area contributed by atoms with Gasteiger partial charge in [-0.2, -0.15) is 0 Å². The first kappa shape index (κ1) is 22.2. The molecule has 1 amide bonds. The van der Waals surface area contributed by atoms with Gasteiger partial charge in [0.2, 0.25) is 5.91 Å². The molecule has 0 saturated heterocycles. The second-order valence-electron chi connectivity index (χ2n) is 6.91. The van der Waals surface area contributed by atoms with Gasteiger partial charge in [0.15, 0.2) is 5.96 Å². The quantitative estimate of drug-likeness (QED) is 0.447. The Hall–Kier alpha value is -3.09. The molecule has 0 aliphatic carbocycles. The van der Waals surface area contributed by atoms with E-state index in [4.69, 9.17) is 4.74 Å². The van der Waals surface area contributed by atoms with E-state index in [0.29, 0.717) is 30.7 Å². The van der Waals surface area contributed by atoms with Crippen LogP contribution in [-0.4, -0.2) is 44.1 Å². The lowest BCUT2D eigenvalue weighted by Gasteiger charge is -2.15. The van der Waals surface area contributed by atoms with Crippen molar-refractivity contribution < 1.29 is 9.53 Å². The highest BCUT2D eigenvalue weighted by Crippen LogP contribution is 2.21. The number of pyridine rings is 1. The zero-order chi connectivity index (χ0) is 21.1. The highest BCUT2D eigenvalue weighted by molar-refractivity contribution is 5.90. The number of carbonyl (C=O) groups excluding carboxylic acids is 1. The van der Waals surface area contributed by atoms with Crippen LogP contribution in [0.15, 0.2) is 47.6 Å². The number of ether oxygens (including phenoxy) is 1. The van der Waals surface area contributed by atoms with Crippen LogP contribution in [0, 0.1) is 6.92 Å². The molecule has 0 bridgehead atoms. The van der Waals surface area contributed by atoms with Gasteiger partial charge in [0.1, 0.15) is 11.6 Å². The number of guanidine groups is 1. The smallest absolute Gasteiger partial charge is 0.227 e. The van der Waals surface area contributed by atoms with Crippen molar-refractivity contribution in [1.82, 2.24) is 15.6 Å². The molecule has 1 unspecified atom stereocenters. The average molecular weight is 398 g/mol. The molecule has 0 fully saturated rings. The molecule has 2 aromatic rings. The number of methoxy groups -OCH3 is 1. The molecule has 1 atom stereocenters. The Bertz CT molecular complexity index is 788. The standard InChI is InChI=1S/C22H31N5O2/c1-16-5-10-20(26-15-16)27-21(28)12-14-25-22(23-3)24-13-11-17(2)18-6-8-19(29-4)9-7-18/h5-10,15,17H,11-14H2,1-4H3,(H2,23,24,25)(H,26,27,28). The summed E-state index contributed by atoms with van der Waals surface area (Å²) in [5, 5.41) is 9.24. The molecule has 0 saturated carbocycles. The van der Waals surface area contributed by atoms with Crippen LogP contribution in [-0.2, 0) is 4.79 Å². The predicted molar refractivity (Wildman–Crippen MR) is 118 cm³/mol. The summed E-state index contributed by atoms with van der Waals surface area (Å²) < 4.78 is 5.20. The molecule has 29 heavy (non-hydrogen) atoms. The van der Waals surface area contributed by atoms with Crippen molar-refractivity contribution in [2.75, 3.05) is 32.6 Å². The third-order valence-corrected chi connectivity index (χ3v) is 4.60. The molecule has 7 nitrogen and oxygen atoms in total. The number of nitrogens with one attached hydrogen (secondary N) is 3. The Balaban J connectivity index is 1.66. The summed E-state index contributed by atoms with van der Waals surface area (Å²) in [5.74, 6) is 2.45. The monoisotopic (exact) mass is 397 g/mol. The zero-order valence-corrected chi connectivity index (χ0v) is 17.7. The number of amides is 1. The van der Waals surface area contributed by atoms with Crippen molar-refractivity contribution in [3.05, 3.63) is 53.7 Å². The molecule has 1 heterocycles. The van der Waals surface area contributed by atoms with Crippen molar-refractivity contribution in [3.8, 4) is 5.75 Å². The minimum atomic E-state index is -0.0857. The van der Waals surface area contributed by atoms with Crippen molar-refractivity contribution >= 4 is 17.7 Å². The Kier molecular flexibility index (Phi) is 8.95. The molecule has 1 aromatic heterocycles. The van der Waals surface area contributed by atoms with E-state index >= 15 is 0 Å². The second kappa shape index (κ2) is 11.7. The van der Waals surface area contributed by atoms with E-state index in [1.807, 2.05) is 25.1 Å². The fraction of sp³-hybridized carbons (Fsp3) is 0.409. The Morgan fingerprint density at radius 1 is 1.14 bits per heavy atom. The number of aryl methyl sites for hydroxylation is 1. The summed E-state index contributed by atoms with van der Waals surface area (Å²) in [4.78, 5) is 20.4.